The highest BCUT2D eigenvalue weighted by Crippen LogP contribution is 2.26. The standard InChI is InChI=1S/C19H27BrN4O3/c20-16-5-6-18(26)24(13-16)14-17(25)21-7-8-22-9-11-23(12-10-22)19(27)15-3-1-2-4-15/h5-6,13,15H,1-4,7-12,14H2,(H,21,25). The molecule has 2 heterocycles. The minimum Gasteiger partial charge on any atom is -0.353 e. The van der Waals surface area contributed by atoms with Crippen molar-refractivity contribution in [1.29, 1.82) is 0 Å². The van der Waals surface area contributed by atoms with Gasteiger partial charge in [0.05, 0.1) is 0 Å². The van der Waals surface area contributed by atoms with Crippen molar-refractivity contribution in [2.75, 3.05) is 39.3 Å². The molecule has 0 spiro atoms. The van der Waals surface area contributed by atoms with Gasteiger partial charge in [-0.05, 0) is 34.8 Å². The normalized spacial score (nSPS) is 18.6. The summed E-state index contributed by atoms with van der Waals surface area (Å²) in [7, 11) is 0. The molecule has 0 radical (unpaired) electrons. The zero-order valence-electron chi connectivity index (χ0n) is 15.5. The average Bonchev–Trinajstić information content (AvgIpc) is 3.19. The largest absolute Gasteiger partial charge is 0.353 e. The van der Waals surface area contributed by atoms with Gasteiger partial charge in [-0.25, -0.2) is 0 Å². The number of carbonyl (C=O) groups excluding carboxylic acids is 2. The van der Waals surface area contributed by atoms with Crippen LogP contribution in [0.1, 0.15) is 25.7 Å². The first-order chi connectivity index (χ1) is 13.0. The molecule has 0 unspecified atom stereocenters. The van der Waals surface area contributed by atoms with Crippen LogP contribution in [0.4, 0.5) is 0 Å². The molecule has 1 aromatic rings. The number of piperazine rings is 1. The third-order valence-corrected chi connectivity index (χ3v) is 5.87. The van der Waals surface area contributed by atoms with E-state index in [0.29, 0.717) is 12.5 Å². The van der Waals surface area contributed by atoms with E-state index in [1.807, 2.05) is 4.90 Å². The Kier molecular flexibility index (Phi) is 7.07. The summed E-state index contributed by atoms with van der Waals surface area (Å²) < 4.78 is 2.15. The van der Waals surface area contributed by atoms with Gasteiger partial charge >= 0.3 is 0 Å². The summed E-state index contributed by atoms with van der Waals surface area (Å²) in [6.45, 7) is 4.55. The van der Waals surface area contributed by atoms with Crippen molar-refractivity contribution in [1.82, 2.24) is 19.7 Å². The summed E-state index contributed by atoms with van der Waals surface area (Å²) >= 11 is 3.30. The van der Waals surface area contributed by atoms with E-state index in [9.17, 15) is 14.4 Å². The monoisotopic (exact) mass is 438 g/mol. The molecule has 2 aliphatic rings. The van der Waals surface area contributed by atoms with Crippen LogP contribution in [0, 0.1) is 5.92 Å². The number of hydrogen-bond acceptors (Lipinski definition) is 4. The lowest BCUT2D eigenvalue weighted by atomic mass is 10.1. The van der Waals surface area contributed by atoms with E-state index in [1.54, 1.807) is 12.3 Å². The molecule has 7 nitrogen and oxygen atoms in total. The maximum atomic E-state index is 12.5. The number of nitrogens with zero attached hydrogens (tertiary/aromatic N) is 3. The first-order valence-corrected chi connectivity index (χ1v) is 10.5. The van der Waals surface area contributed by atoms with Gasteiger partial charge in [0.1, 0.15) is 6.54 Å². The number of hydrogen-bond donors (Lipinski definition) is 1. The Morgan fingerprint density at radius 1 is 1.11 bits per heavy atom. The van der Waals surface area contributed by atoms with Crippen LogP contribution in [0.15, 0.2) is 27.6 Å². The Hall–Kier alpha value is -1.67. The maximum Gasteiger partial charge on any atom is 0.251 e. The minimum absolute atomic E-state index is 0.0158. The fourth-order valence-electron chi connectivity index (χ4n) is 3.81. The smallest absolute Gasteiger partial charge is 0.251 e. The fourth-order valence-corrected chi connectivity index (χ4v) is 4.19. The molecule has 1 saturated heterocycles. The Morgan fingerprint density at radius 3 is 2.52 bits per heavy atom. The first kappa shape index (κ1) is 20.1. The van der Waals surface area contributed by atoms with Crippen molar-refractivity contribution in [3.63, 3.8) is 0 Å². The highest BCUT2D eigenvalue weighted by Gasteiger charge is 2.29. The Balaban J connectivity index is 1.35. The van der Waals surface area contributed by atoms with Crippen molar-refractivity contribution < 1.29 is 9.59 Å². The summed E-state index contributed by atoms with van der Waals surface area (Å²) in [6.07, 6.45) is 6.07. The van der Waals surface area contributed by atoms with Crippen LogP contribution in [-0.2, 0) is 16.1 Å². The molecule has 1 aliphatic carbocycles. The molecule has 3 rings (SSSR count). The van der Waals surface area contributed by atoms with Gasteiger partial charge < -0.3 is 14.8 Å². The van der Waals surface area contributed by atoms with Crippen LogP contribution < -0.4 is 10.9 Å². The number of pyridine rings is 1. The van der Waals surface area contributed by atoms with Crippen molar-refractivity contribution in [2.45, 2.75) is 32.2 Å². The Bertz CT molecular complexity index is 722. The number of rotatable bonds is 6. The van der Waals surface area contributed by atoms with Crippen molar-refractivity contribution >= 4 is 27.7 Å². The number of nitrogens with one attached hydrogen (secondary N) is 1. The van der Waals surface area contributed by atoms with Gasteiger partial charge in [0, 0.05) is 61.9 Å². The molecule has 0 atom stereocenters. The lowest BCUT2D eigenvalue weighted by Gasteiger charge is -2.36. The van der Waals surface area contributed by atoms with Crippen LogP contribution >= 0.6 is 15.9 Å². The topological polar surface area (TPSA) is 74.7 Å². The molecule has 2 amide bonds. The van der Waals surface area contributed by atoms with E-state index in [0.717, 1.165) is 50.0 Å². The van der Waals surface area contributed by atoms with Gasteiger partial charge in [-0.2, -0.15) is 0 Å². The van der Waals surface area contributed by atoms with E-state index >= 15 is 0 Å². The van der Waals surface area contributed by atoms with E-state index in [1.165, 1.54) is 23.5 Å². The fraction of sp³-hybridized carbons (Fsp3) is 0.632. The van der Waals surface area contributed by atoms with Crippen LogP contribution in [0.25, 0.3) is 0 Å². The van der Waals surface area contributed by atoms with Gasteiger partial charge in [0.15, 0.2) is 0 Å². The van der Waals surface area contributed by atoms with Gasteiger partial charge in [0.2, 0.25) is 11.8 Å². The summed E-state index contributed by atoms with van der Waals surface area (Å²) in [5, 5.41) is 2.87. The van der Waals surface area contributed by atoms with Crippen LogP contribution in [0.3, 0.4) is 0 Å². The predicted octanol–water partition coefficient (Wildman–Crippen LogP) is 1.06. The third kappa shape index (κ3) is 5.65. The second kappa shape index (κ2) is 9.50. The first-order valence-electron chi connectivity index (χ1n) is 9.67. The number of carbonyl (C=O) groups is 2. The second-order valence-electron chi connectivity index (χ2n) is 7.31. The predicted molar refractivity (Wildman–Crippen MR) is 106 cm³/mol. The molecule has 0 aromatic carbocycles. The van der Waals surface area contributed by atoms with Crippen LogP contribution in [-0.4, -0.2) is 65.4 Å². The average molecular weight is 439 g/mol. The lowest BCUT2D eigenvalue weighted by molar-refractivity contribution is -0.137. The van der Waals surface area contributed by atoms with E-state index < -0.39 is 0 Å². The Labute approximate surface area is 167 Å². The van der Waals surface area contributed by atoms with Gasteiger partial charge in [0.25, 0.3) is 5.56 Å². The number of halogens is 1. The molecular formula is C19H27BrN4O3. The summed E-state index contributed by atoms with van der Waals surface area (Å²) in [5.74, 6) is 0.405. The molecule has 1 saturated carbocycles. The quantitative estimate of drug-likeness (QED) is 0.720. The summed E-state index contributed by atoms with van der Waals surface area (Å²) in [6, 6.07) is 3.09. The van der Waals surface area contributed by atoms with Gasteiger partial charge in [-0.15, -0.1) is 0 Å². The molecular weight excluding hydrogens is 412 g/mol. The van der Waals surface area contributed by atoms with Crippen LogP contribution in [0.2, 0.25) is 0 Å². The highest BCUT2D eigenvalue weighted by atomic mass is 79.9. The summed E-state index contributed by atoms with van der Waals surface area (Å²) in [5.41, 5.74) is -0.198. The Morgan fingerprint density at radius 2 is 1.81 bits per heavy atom. The zero-order chi connectivity index (χ0) is 19.2. The molecule has 8 heteroatoms. The molecule has 1 N–H and O–H groups in total. The maximum absolute atomic E-state index is 12.5. The van der Waals surface area contributed by atoms with Crippen molar-refractivity contribution in [2.24, 2.45) is 5.92 Å². The van der Waals surface area contributed by atoms with Crippen LogP contribution in [0.5, 0.6) is 0 Å². The number of amides is 2. The van der Waals surface area contributed by atoms with Crippen molar-refractivity contribution in [3.8, 4) is 0 Å². The molecule has 2 fully saturated rings. The van der Waals surface area contributed by atoms with Crippen molar-refractivity contribution in [3.05, 3.63) is 33.2 Å². The summed E-state index contributed by atoms with van der Waals surface area (Å²) in [4.78, 5) is 40.5. The van der Waals surface area contributed by atoms with E-state index in [4.69, 9.17) is 0 Å². The highest BCUT2D eigenvalue weighted by molar-refractivity contribution is 9.10. The second-order valence-corrected chi connectivity index (χ2v) is 8.23. The molecule has 1 aliphatic heterocycles. The van der Waals surface area contributed by atoms with Gasteiger partial charge in [-0.3, -0.25) is 19.3 Å². The van der Waals surface area contributed by atoms with E-state index in [2.05, 4.69) is 26.1 Å². The molecule has 0 bridgehead atoms. The lowest BCUT2D eigenvalue weighted by Crippen LogP contribution is -2.51. The minimum atomic E-state index is -0.198. The number of aromatic nitrogens is 1. The SMILES string of the molecule is O=C(Cn1cc(Br)ccc1=O)NCCN1CCN(C(=O)C2CCCC2)CC1. The molecule has 148 valence electrons. The molecule has 1 aromatic heterocycles. The zero-order valence-corrected chi connectivity index (χ0v) is 17.1. The third-order valence-electron chi connectivity index (χ3n) is 5.40. The van der Waals surface area contributed by atoms with Gasteiger partial charge in [-0.1, -0.05) is 12.8 Å². The molecule has 27 heavy (non-hydrogen) atoms. The van der Waals surface area contributed by atoms with E-state index in [-0.39, 0.29) is 23.9 Å².